The number of carboxylic acid groups (broad SMARTS) is 1. The minimum atomic E-state index is -1.44. The van der Waals surface area contributed by atoms with Gasteiger partial charge in [-0.3, -0.25) is 4.79 Å². The third-order valence-corrected chi connectivity index (χ3v) is 1.09. The number of aromatic nitrogens is 1. The lowest BCUT2D eigenvalue weighted by atomic mass is 10.2. The Morgan fingerprint density at radius 1 is 1.64 bits per heavy atom. The van der Waals surface area contributed by atoms with Gasteiger partial charge in [0, 0.05) is 12.0 Å². The molecule has 0 amide bonds. The van der Waals surface area contributed by atoms with Gasteiger partial charge in [0.05, 0.1) is 6.20 Å². The maximum absolute atomic E-state index is 10.5. The molecule has 0 saturated heterocycles. The Morgan fingerprint density at radius 3 is 2.82 bits per heavy atom. The van der Waals surface area contributed by atoms with Crippen LogP contribution in [0.25, 0.3) is 0 Å². The molecule has 0 aromatic carbocycles. The smallest absolute Gasteiger partial charge is 0.372 e. The summed E-state index contributed by atoms with van der Waals surface area (Å²) in [5.41, 5.74) is 0.470. The van der Waals surface area contributed by atoms with E-state index in [2.05, 4.69) is 9.68 Å². The van der Waals surface area contributed by atoms with Crippen LogP contribution in [0.2, 0.25) is 0 Å². The van der Waals surface area contributed by atoms with Crippen LogP contribution < -0.4 is 0 Å². The molecule has 5 heteroatoms. The van der Waals surface area contributed by atoms with E-state index in [0.29, 0.717) is 5.56 Å². The number of Topliss-reactive ketones (excluding diaryl/α,β-unsaturated/α-hetero) is 1. The van der Waals surface area contributed by atoms with E-state index in [9.17, 15) is 9.59 Å². The van der Waals surface area contributed by atoms with Crippen LogP contribution in [0.4, 0.5) is 0 Å². The molecular weight excluding hydrogens is 150 g/mol. The zero-order chi connectivity index (χ0) is 8.27. The number of rotatable bonds is 3. The van der Waals surface area contributed by atoms with Crippen LogP contribution in [0.15, 0.2) is 17.0 Å². The highest BCUT2D eigenvalue weighted by Crippen LogP contribution is 1.97. The molecular formula is C6H5NO4. The molecule has 0 spiro atoms. The molecule has 1 heterocycles. The zero-order valence-electron chi connectivity index (χ0n) is 5.48. The van der Waals surface area contributed by atoms with E-state index < -0.39 is 11.8 Å². The third kappa shape index (κ3) is 1.89. The molecule has 0 radical (unpaired) electrons. The van der Waals surface area contributed by atoms with E-state index >= 15 is 0 Å². The van der Waals surface area contributed by atoms with Crippen molar-refractivity contribution in [3.8, 4) is 0 Å². The highest BCUT2D eigenvalue weighted by Gasteiger charge is 2.12. The summed E-state index contributed by atoms with van der Waals surface area (Å²) in [6.07, 6.45) is 2.38. The van der Waals surface area contributed by atoms with Crippen molar-refractivity contribution < 1.29 is 19.2 Å². The average molecular weight is 155 g/mol. The lowest BCUT2D eigenvalue weighted by Crippen LogP contribution is -2.14. The first-order valence-electron chi connectivity index (χ1n) is 2.84. The van der Waals surface area contributed by atoms with Gasteiger partial charge in [0.25, 0.3) is 0 Å². The van der Waals surface area contributed by atoms with E-state index in [1.807, 2.05) is 0 Å². The van der Waals surface area contributed by atoms with E-state index in [-0.39, 0.29) is 6.42 Å². The summed E-state index contributed by atoms with van der Waals surface area (Å²) in [6.45, 7) is 0. The van der Waals surface area contributed by atoms with Crippen LogP contribution in [0, 0.1) is 0 Å². The summed E-state index contributed by atoms with van der Waals surface area (Å²) >= 11 is 0. The molecule has 58 valence electrons. The quantitative estimate of drug-likeness (QED) is 0.615. The molecule has 0 bridgehead atoms. The summed E-state index contributed by atoms with van der Waals surface area (Å²) in [5.74, 6) is -2.31. The molecule has 0 unspecified atom stereocenters. The largest absolute Gasteiger partial charge is 0.475 e. The first kappa shape index (κ1) is 7.46. The normalized spacial score (nSPS) is 9.45. The van der Waals surface area contributed by atoms with Crippen LogP contribution in [0.1, 0.15) is 5.56 Å². The average Bonchev–Trinajstić information content (AvgIpc) is 2.39. The van der Waals surface area contributed by atoms with Gasteiger partial charge in [-0.05, 0) is 0 Å². The van der Waals surface area contributed by atoms with Crippen molar-refractivity contribution in [3.63, 3.8) is 0 Å². The van der Waals surface area contributed by atoms with Gasteiger partial charge >= 0.3 is 5.97 Å². The van der Waals surface area contributed by atoms with Gasteiger partial charge in [-0.2, -0.15) is 0 Å². The van der Waals surface area contributed by atoms with Gasteiger partial charge in [0.2, 0.25) is 5.78 Å². The van der Waals surface area contributed by atoms with E-state index in [1.165, 1.54) is 12.5 Å². The monoisotopic (exact) mass is 155 g/mol. The first-order valence-corrected chi connectivity index (χ1v) is 2.84. The second-order valence-electron chi connectivity index (χ2n) is 1.94. The molecule has 0 aliphatic carbocycles. The predicted octanol–water partition coefficient (Wildman–Crippen LogP) is -0.129. The van der Waals surface area contributed by atoms with Crippen molar-refractivity contribution in [2.75, 3.05) is 0 Å². The molecule has 0 fully saturated rings. The molecule has 1 rings (SSSR count). The molecule has 0 atom stereocenters. The standard InChI is InChI=1S/C6H5NO4/c8-5(6(9)10)1-4-2-7-11-3-4/h2-3H,1H2,(H,9,10). The van der Waals surface area contributed by atoms with Crippen LogP contribution in [-0.2, 0) is 16.0 Å². The first-order chi connectivity index (χ1) is 5.20. The summed E-state index contributed by atoms with van der Waals surface area (Å²) in [5, 5.41) is 11.5. The summed E-state index contributed by atoms with van der Waals surface area (Å²) in [7, 11) is 0. The van der Waals surface area contributed by atoms with Gasteiger partial charge in [-0.15, -0.1) is 0 Å². The lowest BCUT2D eigenvalue weighted by Gasteiger charge is -1.87. The number of carbonyl (C=O) groups excluding carboxylic acids is 1. The highest BCUT2D eigenvalue weighted by molar-refractivity contribution is 6.33. The van der Waals surface area contributed by atoms with Crippen LogP contribution >= 0.6 is 0 Å². The topological polar surface area (TPSA) is 80.4 Å². The van der Waals surface area contributed by atoms with Crippen molar-refractivity contribution in [2.45, 2.75) is 6.42 Å². The number of aliphatic carboxylic acids is 1. The van der Waals surface area contributed by atoms with Crippen LogP contribution in [0.5, 0.6) is 0 Å². The Morgan fingerprint density at radius 2 is 2.36 bits per heavy atom. The fourth-order valence-corrected chi connectivity index (χ4v) is 0.575. The fraction of sp³-hybridized carbons (Fsp3) is 0.167. The zero-order valence-corrected chi connectivity index (χ0v) is 5.48. The molecule has 1 N–H and O–H groups in total. The summed E-state index contributed by atoms with van der Waals surface area (Å²) in [6, 6.07) is 0. The number of nitrogens with zero attached hydrogens (tertiary/aromatic N) is 1. The molecule has 11 heavy (non-hydrogen) atoms. The van der Waals surface area contributed by atoms with E-state index in [1.54, 1.807) is 0 Å². The van der Waals surface area contributed by atoms with Crippen molar-refractivity contribution in [2.24, 2.45) is 0 Å². The molecule has 0 saturated carbocycles. The second kappa shape index (κ2) is 2.96. The highest BCUT2D eigenvalue weighted by atomic mass is 16.5. The molecule has 0 aliphatic heterocycles. The predicted molar refractivity (Wildman–Crippen MR) is 32.8 cm³/mol. The minimum absolute atomic E-state index is 0.168. The van der Waals surface area contributed by atoms with Crippen LogP contribution in [0.3, 0.4) is 0 Å². The Bertz CT molecular complexity index is 264. The SMILES string of the molecule is O=C(O)C(=O)Cc1cnoc1. The Hall–Kier alpha value is -1.65. The van der Waals surface area contributed by atoms with Crippen molar-refractivity contribution in [3.05, 3.63) is 18.0 Å². The molecule has 0 aliphatic rings. The second-order valence-corrected chi connectivity index (χ2v) is 1.94. The number of hydrogen-bond acceptors (Lipinski definition) is 4. The number of ketones is 1. The Balaban J connectivity index is 2.57. The number of carbonyl (C=O) groups is 2. The van der Waals surface area contributed by atoms with Gasteiger partial charge in [-0.1, -0.05) is 5.16 Å². The van der Waals surface area contributed by atoms with Gasteiger partial charge in [0.1, 0.15) is 6.26 Å². The summed E-state index contributed by atoms with van der Waals surface area (Å²) in [4.78, 5) is 20.6. The molecule has 1 aromatic heterocycles. The van der Waals surface area contributed by atoms with Crippen molar-refractivity contribution in [1.82, 2.24) is 5.16 Å². The van der Waals surface area contributed by atoms with E-state index in [0.717, 1.165) is 0 Å². The maximum atomic E-state index is 10.5. The van der Waals surface area contributed by atoms with Gasteiger partial charge < -0.3 is 9.63 Å². The summed E-state index contributed by atoms with van der Waals surface area (Å²) < 4.78 is 4.40. The maximum Gasteiger partial charge on any atom is 0.372 e. The van der Waals surface area contributed by atoms with Crippen molar-refractivity contribution in [1.29, 1.82) is 0 Å². The minimum Gasteiger partial charge on any atom is -0.475 e. The van der Waals surface area contributed by atoms with E-state index in [4.69, 9.17) is 5.11 Å². The van der Waals surface area contributed by atoms with Crippen LogP contribution in [-0.4, -0.2) is 22.0 Å². The lowest BCUT2D eigenvalue weighted by molar-refractivity contribution is -0.148. The molecule has 1 aromatic rings. The third-order valence-electron chi connectivity index (χ3n) is 1.09. The Kier molecular flexibility index (Phi) is 2.00. The van der Waals surface area contributed by atoms with Crippen molar-refractivity contribution >= 4 is 11.8 Å². The number of hydrogen-bond donors (Lipinski definition) is 1. The Labute approximate surface area is 61.6 Å². The van der Waals surface area contributed by atoms with Gasteiger partial charge in [-0.25, -0.2) is 4.79 Å². The molecule has 5 nitrogen and oxygen atoms in total. The van der Waals surface area contributed by atoms with Gasteiger partial charge in [0.15, 0.2) is 0 Å². The fourth-order valence-electron chi connectivity index (χ4n) is 0.575. The number of carboxylic acids is 1.